The van der Waals surface area contributed by atoms with E-state index < -0.39 is 0 Å². The van der Waals surface area contributed by atoms with Gasteiger partial charge in [-0.05, 0) is 30.5 Å². The second kappa shape index (κ2) is 5.94. The van der Waals surface area contributed by atoms with Crippen molar-refractivity contribution in [3.05, 3.63) is 35.9 Å². The molecule has 0 bridgehead atoms. The Hall–Kier alpha value is -1.39. The highest BCUT2D eigenvalue weighted by Crippen LogP contribution is 2.25. The first-order chi connectivity index (χ1) is 9.72. The van der Waals surface area contributed by atoms with Gasteiger partial charge in [0.25, 0.3) is 0 Å². The lowest BCUT2D eigenvalue weighted by Crippen LogP contribution is -2.38. The van der Waals surface area contributed by atoms with Gasteiger partial charge in [0.05, 0.1) is 6.54 Å². The molecule has 2 fully saturated rings. The Kier molecular flexibility index (Phi) is 4.03. The fraction of sp³-hybridized carbons (Fsp3) is 0.562. The van der Waals surface area contributed by atoms with Crippen molar-refractivity contribution in [3.8, 4) is 0 Å². The summed E-state index contributed by atoms with van der Waals surface area (Å²) in [4.78, 5) is 16.4. The first kappa shape index (κ1) is 13.6. The summed E-state index contributed by atoms with van der Waals surface area (Å²) in [6.45, 7) is 5.65. The highest BCUT2D eigenvalue weighted by atomic mass is 16.2. The maximum Gasteiger partial charge on any atom is 0.236 e. The van der Waals surface area contributed by atoms with Gasteiger partial charge in [0.1, 0.15) is 0 Å². The van der Waals surface area contributed by atoms with Gasteiger partial charge >= 0.3 is 0 Å². The van der Waals surface area contributed by atoms with Gasteiger partial charge < -0.3 is 10.2 Å². The summed E-state index contributed by atoms with van der Waals surface area (Å²) < 4.78 is 0. The fourth-order valence-corrected chi connectivity index (χ4v) is 3.34. The molecule has 0 saturated carbocycles. The van der Waals surface area contributed by atoms with Gasteiger partial charge in [-0.3, -0.25) is 9.69 Å². The lowest BCUT2D eigenvalue weighted by atomic mass is 10.0. The number of benzene rings is 1. The minimum Gasteiger partial charge on any atom is -0.340 e. The molecule has 20 heavy (non-hydrogen) atoms. The van der Waals surface area contributed by atoms with Crippen LogP contribution in [0.3, 0.4) is 0 Å². The lowest BCUT2D eigenvalue weighted by Gasteiger charge is -2.22. The Morgan fingerprint density at radius 2 is 1.90 bits per heavy atom. The van der Waals surface area contributed by atoms with Crippen molar-refractivity contribution in [3.63, 3.8) is 0 Å². The zero-order valence-electron chi connectivity index (χ0n) is 12.1. The largest absolute Gasteiger partial charge is 0.340 e. The van der Waals surface area contributed by atoms with Gasteiger partial charge in [-0.1, -0.05) is 30.3 Å². The number of likely N-dealkylation sites (N-methyl/N-ethyl adjacent to an activating group) is 1. The first-order valence-electron chi connectivity index (χ1n) is 7.43. The molecule has 108 valence electrons. The van der Waals surface area contributed by atoms with E-state index in [-0.39, 0.29) is 5.91 Å². The molecule has 0 aromatic heterocycles. The number of nitrogens with zero attached hydrogens (tertiary/aromatic N) is 2. The molecule has 0 radical (unpaired) electrons. The molecule has 0 aliphatic carbocycles. The Morgan fingerprint density at radius 1 is 1.25 bits per heavy atom. The van der Waals surface area contributed by atoms with Crippen LogP contribution in [0.25, 0.3) is 0 Å². The van der Waals surface area contributed by atoms with Crippen molar-refractivity contribution in [1.29, 1.82) is 0 Å². The second-order valence-corrected chi connectivity index (χ2v) is 6.11. The minimum atomic E-state index is 0.224. The van der Waals surface area contributed by atoms with E-state index in [4.69, 9.17) is 0 Å². The highest BCUT2D eigenvalue weighted by molar-refractivity contribution is 5.78. The van der Waals surface area contributed by atoms with Crippen molar-refractivity contribution < 1.29 is 4.79 Å². The summed E-state index contributed by atoms with van der Waals surface area (Å²) in [7, 11) is 1.90. The summed E-state index contributed by atoms with van der Waals surface area (Å²) in [5.74, 6) is 1.73. The minimum absolute atomic E-state index is 0.224. The Labute approximate surface area is 120 Å². The predicted molar refractivity (Wildman–Crippen MR) is 79.2 cm³/mol. The quantitative estimate of drug-likeness (QED) is 0.881. The average molecular weight is 273 g/mol. The van der Waals surface area contributed by atoms with E-state index in [1.807, 2.05) is 30.1 Å². The molecular weight excluding hydrogens is 250 g/mol. The van der Waals surface area contributed by atoms with Gasteiger partial charge in [-0.2, -0.15) is 0 Å². The SMILES string of the molecule is CN(Cc1ccccc1)C(=O)CN1C[C@H]2CNC[C@H]2C1. The van der Waals surface area contributed by atoms with E-state index in [9.17, 15) is 4.79 Å². The monoisotopic (exact) mass is 273 g/mol. The number of nitrogens with one attached hydrogen (secondary N) is 1. The molecule has 1 aromatic rings. The second-order valence-electron chi connectivity index (χ2n) is 6.11. The Morgan fingerprint density at radius 3 is 2.55 bits per heavy atom. The number of likely N-dealkylation sites (tertiary alicyclic amines) is 1. The number of hydrogen-bond acceptors (Lipinski definition) is 3. The van der Waals surface area contributed by atoms with Crippen LogP contribution in [0.4, 0.5) is 0 Å². The number of hydrogen-bond donors (Lipinski definition) is 1. The number of rotatable bonds is 4. The molecule has 2 aliphatic heterocycles. The number of carbonyl (C=O) groups is 1. The summed E-state index contributed by atoms with van der Waals surface area (Å²) in [5.41, 5.74) is 1.19. The third-order valence-electron chi connectivity index (χ3n) is 4.51. The molecule has 4 nitrogen and oxygen atoms in total. The van der Waals surface area contributed by atoms with Crippen LogP contribution in [0.15, 0.2) is 30.3 Å². The van der Waals surface area contributed by atoms with Crippen LogP contribution in [0.2, 0.25) is 0 Å². The molecule has 1 N–H and O–H groups in total. The van der Waals surface area contributed by atoms with Crippen molar-refractivity contribution >= 4 is 5.91 Å². The van der Waals surface area contributed by atoms with Gasteiger partial charge in [0.15, 0.2) is 0 Å². The topological polar surface area (TPSA) is 35.6 Å². The van der Waals surface area contributed by atoms with Crippen molar-refractivity contribution in [2.75, 3.05) is 39.8 Å². The molecule has 2 saturated heterocycles. The third kappa shape index (κ3) is 3.02. The molecule has 4 heteroatoms. The Balaban J connectivity index is 1.49. The van der Waals surface area contributed by atoms with E-state index in [1.165, 1.54) is 5.56 Å². The van der Waals surface area contributed by atoms with E-state index in [2.05, 4.69) is 22.3 Å². The average Bonchev–Trinajstić information content (AvgIpc) is 3.00. The molecule has 1 amide bonds. The van der Waals surface area contributed by atoms with Crippen LogP contribution in [-0.2, 0) is 11.3 Å². The molecule has 2 aliphatic rings. The van der Waals surface area contributed by atoms with Crippen LogP contribution >= 0.6 is 0 Å². The number of carbonyl (C=O) groups excluding carboxylic acids is 1. The highest BCUT2D eigenvalue weighted by Gasteiger charge is 2.36. The number of amides is 1. The van der Waals surface area contributed by atoms with Gasteiger partial charge in [0.2, 0.25) is 5.91 Å². The summed E-state index contributed by atoms with van der Waals surface area (Å²) in [6.07, 6.45) is 0. The predicted octanol–water partition coefficient (Wildman–Crippen LogP) is 0.796. The maximum absolute atomic E-state index is 12.3. The van der Waals surface area contributed by atoms with Crippen LogP contribution in [-0.4, -0.2) is 55.5 Å². The summed E-state index contributed by atoms with van der Waals surface area (Å²) in [6, 6.07) is 10.2. The Bertz CT molecular complexity index is 450. The zero-order valence-corrected chi connectivity index (χ0v) is 12.1. The molecular formula is C16H23N3O. The molecule has 2 heterocycles. The van der Waals surface area contributed by atoms with E-state index >= 15 is 0 Å². The van der Waals surface area contributed by atoms with Crippen LogP contribution < -0.4 is 5.32 Å². The molecule has 0 spiro atoms. The normalized spacial score (nSPS) is 25.6. The first-order valence-corrected chi connectivity index (χ1v) is 7.43. The summed E-state index contributed by atoms with van der Waals surface area (Å²) >= 11 is 0. The van der Waals surface area contributed by atoms with Crippen LogP contribution in [0.5, 0.6) is 0 Å². The van der Waals surface area contributed by atoms with Crippen molar-refractivity contribution in [2.45, 2.75) is 6.54 Å². The van der Waals surface area contributed by atoms with Crippen molar-refractivity contribution in [1.82, 2.24) is 15.1 Å². The molecule has 2 atom stereocenters. The van der Waals surface area contributed by atoms with Crippen molar-refractivity contribution in [2.24, 2.45) is 11.8 Å². The maximum atomic E-state index is 12.3. The zero-order chi connectivity index (χ0) is 13.9. The van der Waals surface area contributed by atoms with Gasteiger partial charge in [-0.25, -0.2) is 0 Å². The molecule has 1 aromatic carbocycles. The third-order valence-corrected chi connectivity index (χ3v) is 4.51. The lowest BCUT2D eigenvalue weighted by molar-refractivity contribution is -0.131. The van der Waals surface area contributed by atoms with E-state index in [1.54, 1.807) is 0 Å². The van der Waals surface area contributed by atoms with Gasteiger partial charge in [-0.15, -0.1) is 0 Å². The van der Waals surface area contributed by atoms with E-state index in [0.717, 1.165) is 38.0 Å². The van der Waals surface area contributed by atoms with E-state index in [0.29, 0.717) is 13.1 Å². The standard InChI is InChI=1S/C16H23N3O/c1-18(9-13-5-3-2-4-6-13)16(20)12-19-10-14-7-17-8-15(14)11-19/h2-6,14-15,17H,7-12H2,1H3/t14-,15+. The fourth-order valence-electron chi connectivity index (χ4n) is 3.34. The molecule has 3 rings (SSSR count). The molecule has 0 unspecified atom stereocenters. The van der Waals surface area contributed by atoms with Crippen LogP contribution in [0, 0.1) is 11.8 Å². The van der Waals surface area contributed by atoms with Gasteiger partial charge in [0, 0.05) is 26.7 Å². The summed E-state index contributed by atoms with van der Waals surface area (Å²) in [5, 5.41) is 3.43. The smallest absolute Gasteiger partial charge is 0.236 e. The number of fused-ring (bicyclic) bond motifs is 1. The van der Waals surface area contributed by atoms with Crippen LogP contribution in [0.1, 0.15) is 5.56 Å².